The molecular formula is C14H14N2O2. The number of para-hydroxylation sites is 1. The number of nitrogens with two attached hydrogens (primary N) is 1. The maximum Gasteiger partial charge on any atom is 0.335 e. The molecule has 0 aromatic heterocycles. The summed E-state index contributed by atoms with van der Waals surface area (Å²) >= 11 is 0. The van der Waals surface area contributed by atoms with Gasteiger partial charge in [-0.15, -0.1) is 0 Å². The van der Waals surface area contributed by atoms with E-state index < -0.39 is 5.97 Å². The number of rotatable bonds is 3. The summed E-state index contributed by atoms with van der Waals surface area (Å²) < 4.78 is 0. The number of carboxylic acid groups (broad SMARTS) is 1. The lowest BCUT2D eigenvalue weighted by Crippen LogP contribution is -2.02. The van der Waals surface area contributed by atoms with E-state index in [1.807, 2.05) is 31.2 Å². The number of hydrogen-bond acceptors (Lipinski definition) is 3. The van der Waals surface area contributed by atoms with Gasteiger partial charge in [0.2, 0.25) is 0 Å². The molecular weight excluding hydrogens is 228 g/mol. The Hall–Kier alpha value is -2.49. The zero-order valence-corrected chi connectivity index (χ0v) is 9.97. The van der Waals surface area contributed by atoms with Gasteiger partial charge in [-0.05, 0) is 36.8 Å². The molecule has 0 atom stereocenters. The molecule has 0 aliphatic carbocycles. The van der Waals surface area contributed by atoms with Crippen LogP contribution in [0.3, 0.4) is 0 Å². The Morgan fingerprint density at radius 3 is 2.56 bits per heavy atom. The zero-order valence-electron chi connectivity index (χ0n) is 9.97. The highest BCUT2D eigenvalue weighted by Crippen LogP contribution is 2.26. The number of hydrogen-bond donors (Lipinski definition) is 3. The third-order valence-electron chi connectivity index (χ3n) is 2.71. The molecule has 92 valence electrons. The van der Waals surface area contributed by atoms with Gasteiger partial charge in [0.25, 0.3) is 0 Å². The van der Waals surface area contributed by atoms with Crippen molar-refractivity contribution >= 4 is 23.0 Å². The van der Waals surface area contributed by atoms with Crippen molar-refractivity contribution in [3.63, 3.8) is 0 Å². The van der Waals surface area contributed by atoms with E-state index in [2.05, 4.69) is 5.32 Å². The van der Waals surface area contributed by atoms with Crippen molar-refractivity contribution < 1.29 is 9.90 Å². The summed E-state index contributed by atoms with van der Waals surface area (Å²) in [7, 11) is 0. The van der Waals surface area contributed by atoms with Gasteiger partial charge < -0.3 is 16.2 Å². The molecule has 0 bridgehead atoms. The number of carbonyl (C=O) groups is 1. The van der Waals surface area contributed by atoms with Crippen molar-refractivity contribution in [2.75, 3.05) is 11.1 Å². The van der Waals surface area contributed by atoms with Crippen molar-refractivity contribution in [1.82, 2.24) is 0 Å². The molecule has 0 fully saturated rings. The lowest BCUT2D eigenvalue weighted by atomic mass is 10.1. The van der Waals surface area contributed by atoms with Crippen molar-refractivity contribution in [2.45, 2.75) is 6.92 Å². The van der Waals surface area contributed by atoms with E-state index in [1.165, 1.54) is 12.1 Å². The van der Waals surface area contributed by atoms with Gasteiger partial charge >= 0.3 is 5.97 Å². The van der Waals surface area contributed by atoms with Crippen molar-refractivity contribution in [3.05, 3.63) is 53.6 Å². The fraction of sp³-hybridized carbons (Fsp3) is 0.0714. The summed E-state index contributed by atoms with van der Waals surface area (Å²) in [5.74, 6) is -0.970. The van der Waals surface area contributed by atoms with Crippen LogP contribution in [0.25, 0.3) is 0 Å². The first kappa shape index (κ1) is 12.0. The molecule has 0 heterocycles. The largest absolute Gasteiger partial charge is 0.478 e. The molecule has 4 nitrogen and oxygen atoms in total. The molecule has 0 aliphatic rings. The van der Waals surface area contributed by atoms with Gasteiger partial charge in [-0.3, -0.25) is 0 Å². The minimum atomic E-state index is -0.970. The molecule has 0 saturated heterocycles. The van der Waals surface area contributed by atoms with Gasteiger partial charge in [-0.25, -0.2) is 4.79 Å². The van der Waals surface area contributed by atoms with Crippen molar-refractivity contribution in [3.8, 4) is 0 Å². The highest BCUT2D eigenvalue weighted by molar-refractivity contribution is 5.91. The highest BCUT2D eigenvalue weighted by Gasteiger charge is 2.07. The van der Waals surface area contributed by atoms with Gasteiger partial charge in [0, 0.05) is 5.69 Å². The summed E-state index contributed by atoms with van der Waals surface area (Å²) in [6.45, 7) is 1.97. The molecule has 0 unspecified atom stereocenters. The van der Waals surface area contributed by atoms with Crippen molar-refractivity contribution in [2.24, 2.45) is 0 Å². The van der Waals surface area contributed by atoms with Crippen LogP contribution in [-0.2, 0) is 0 Å². The van der Waals surface area contributed by atoms with Crippen LogP contribution in [0, 0.1) is 6.92 Å². The summed E-state index contributed by atoms with van der Waals surface area (Å²) in [6.07, 6.45) is 0. The fourth-order valence-corrected chi connectivity index (χ4v) is 1.66. The number of anilines is 3. The number of aromatic carboxylic acids is 1. The number of benzene rings is 2. The Bertz CT molecular complexity index is 594. The molecule has 4 N–H and O–H groups in total. The maximum atomic E-state index is 10.9. The Morgan fingerprint density at radius 1 is 1.17 bits per heavy atom. The van der Waals surface area contributed by atoms with Crippen LogP contribution in [0.15, 0.2) is 42.5 Å². The molecule has 0 spiro atoms. The summed E-state index contributed by atoms with van der Waals surface area (Å²) in [4.78, 5) is 10.9. The average molecular weight is 242 g/mol. The van der Waals surface area contributed by atoms with Gasteiger partial charge in [0.15, 0.2) is 0 Å². The van der Waals surface area contributed by atoms with Crippen molar-refractivity contribution in [1.29, 1.82) is 0 Å². The maximum absolute atomic E-state index is 10.9. The van der Waals surface area contributed by atoms with E-state index >= 15 is 0 Å². The SMILES string of the molecule is Cc1ccccc1Nc1cc(C(=O)O)ccc1N. The first-order valence-electron chi connectivity index (χ1n) is 5.53. The van der Waals surface area contributed by atoms with Gasteiger partial charge in [0.1, 0.15) is 0 Å². The number of carboxylic acids is 1. The Morgan fingerprint density at radius 2 is 1.89 bits per heavy atom. The monoisotopic (exact) mass is 242 g/mol. The van der Waals surface area contributed by atoms with Crippen LogP contribution >= 0.6 is 0 Å². The standard InChI is InChI=1S/C14H14N2O2/c1-9-4-2-3-5-12(9)16-13-8-10(14(17)18)6-7-11(13)15/h2-8,16H,15H2,1H3,(H,17,18). The molecule has 2 aromatic carbocycles. The smallest absolute Gasteiger partial charge is 0.335 e. The molecule has 18 heavy (non-hydrogen) atoms. The van der Waals surface area contributed by atoms with Crippen LogP contribution < -0.4 is 11.1 Å². The Balaban J connectivity index is 2.37. The van der Waals surface area contributed by atoms with Gasteiger partial charge in [-0.2, -0.15) is 0 Å². The average Bonchev–Trinajstić information content (AvgIpc) is 2.34. The first-order valence-corrected chi connectivity index (χ1v) is 5.53. The molecule has 0 saturated carbocycles. The molecule has 4 heteroatoms. The predicted molar refractivity (Wildman–Crippen MR) is 72.3 cm³/mol. The number of aryl methyl sites for hydroxylation is 1. The topological polar surface area (TPSA) is 75.3 Å². The van der Waals surface area contributed by atoms with Crippen LogP contribution in [0.1, 0.15) is 15.9 Å². The quantitative estimate of drug-likeness (QED) is 0.723. The normalized spacial score (nSPS) is 10.1. The van der Waals surface area contributed by atoms with Crippen LogP contribution in [0.5, 0.6) is 0 Å². The molecule has 0 radical (unpaired) electrons. The highest BCUT2D eigenvalue weighted by atomic mass is 16.4. The van der Waals surface area contributed by atoms with Gasteiger partial charge in [-0.1, -0.05) is 18.2 Å². The third-order valence-corrected chi connectivity index (χ3v) is 2.71. The minimum Gasteiger partial charge on any atom is -0.478 e. The van der Waals surface area contributed by atoms with Crippen LogP contribution in [0.2, 0.25) is 0 Å². The predicted octanol–water partition coefficient (Wildman–Crippen LogP) is 3.02. The van der Waals surface area contributed by atoms with E-state index in [0.29, 0.717) is 11.4 Å². The molecule has 2 rings (SSSR count). The number of nitrogen functional groups attached to an aromatic ring is 1. The lowest BCUT2D eigenvalue weighted by molar-refractivity contribution is 0.0697. The van der Waals surface area contributed by atoms with E-state index in [-0.39, 0.29) is 5.56 Å². The zero-order chi connectivity index (χ0) is 13.1. The lowest BCUT2D eigenvalue weighted by Gasteiger charge is -2.12. The van der Waals surface area contributed by atoms with E-state index in [1.54, 1.807) is 6.07 Å². The Labute approximate surface area is 105 Å². The molecule has 0 aliphatic heterocycles. The second-order valence-corrected chi connectivity index (χ2v) is 4.05. The van der Waals surface area contributed by atoms with Gasteiger partial charge in [0.05, 0.1) is 16.9 Å². The molecule has 2 aromatic rings. The fourth-order valence-electron chi connectivity index (χ4n) is 1.66. The Kier molecular flexibility index (Phi) is 3.19. The molecule has 0 amide bonds. The van der Waals surface area contributed by atoms with E-state index in [0.717, 1.165) is 11.3 Å². The second kappa shape index (κ2) is 4.79. The second-order valence-electron chi connectivity index (χ2n) is 4.05. The summed E-state index contributed by atoms with van der Waals surface area (Å²) in [6, 6.07) is 12.3. The summed E-state index contributed by atoms with van der Waals surface area (Å²) in [5, 5.41) is 12.1. The minimum absolute atomic E-state index is 0.209. The number of nitrogens with one attached hydrogen (secondary N) is 1. The first-order chi connectivity index (χ1) is 8.58. The van der Waals surface area contributed by atoms with Crippen LogP contribution in [0.4, 0.5) is 17.1 Å². The van der Waals surface area contributed by atoms with E-state index in [9.17, 15) is 4.79 Å². The summed E-state index contributed by atoms with van der Waals surface area (Å²) in [5.41, 5.74) is 9.13. The van der Waals surface area contributed by atoms with E-state index in [4.69, 9.17) is 10.8 Å². The third kappa shape index (κ3) is 2.43. The van der Waals surface area contributed by atoms with Crippen LogP contribution in [-0.4, -0.2) is 11.1 Å².